The molecule has 9 nitrogen and oxygen atoms in total. The molecule has 10 heteroatoms. The highest BCUT2D eigenvalue weighted by Crippen LogP contribution is 2.32. The zero-order valence-electron chi connectivity index (χ0n) is 22.9. The van der Waals surface area contributed by atoms with Gasteiger partial charge < -0.3 is 29.7 Å². The van der Waals surface area contributed by atoms with Crippen molar-refractivity contribution in [1.82, 2.24) is 20.2 Å². The van der Waals surface area contributed by atoms with Gasteiger partial charge in [-0.25, -0.2) is 9.97 Å². The summed E-state index contributed by atoms with van der Waals surface area (Å²) in [7, 11) is 1.74. The molecule has 0 aliphatic carbocycles. The van der Waals surface area contributed by atoms with E-state index in [0.717, 1.165) is 61.3 Å². The highest BCUT2D eigenvalue weighted by molar-refractivity contribution is 6.30. The van der Waals surface area contributed by atoms with Crippen molar-refractivity contribution in [3.8, 4) is 0 Å². The number of nitrogens with zero attached hydrogens (tertiary/aromatic N) is 3. The van der Waals surface area contributed by atoms with E-state index in [2.05, 4.69) is 20.6 Å². The van der Waals surface area contributed by atoms with E-state index in [-0.39, 0.29) is 24.2 Å². The van der Waals surface area contributed by atoms with Crippen molar-refractivity contribution in [2.45, 2.75) is 75.8 Å². The minimum Gasteiger partial charge on any atom is -0.379 e. The summed E-state index contributed by atoms with van der Waals surface area (Å²) in [6.45, 7) is 5.33. The van der Waals surface area contributed by atoms with Crippen LogP contribution in [-0.4, -0.2) is 85.0 Å². The third kappa shape index (κ3) is 7.08. The van der Waals surface area contributed by atoms with Gasteiger partial charge in [0.05, 0.1) is 24.9 Å². The van der Waals surface area contributed by atoms with Crippen LogP contribution in [0.3, 0.4) is 0 Å². The van der Waals surface area contributed by atoms with E-state index >= 15 is 0 Å². The maximum absolute atomic E-state index is 13.4. The zero-order chi connectivity index (χ0) is 27.2. The number of halogens is 1. The minimum absolute atomic E-state index is 0.0334. The predicted octanol–water partition coefficient (Wildman–Crippen LogP) is 4.16. The van der Waals surface area contributed by atoms with Gasteiger partial charge >= 0.3 is 0 Å². The molecule has 5 rings (SSSR count). The quantitative estimate of drug-likeness (QED) is 0.499. The van der Waals surface area contributed by atoms with Gasteiger partial charge in [0, 0.05) is 56.0 Å². The van der Waals surface area contributed by atoms with Gasteiger partial charge in [-0.1, -0.05) is 23.7 Å². The predicted molar refractivity (Wildman–Crippen MR) is 150 cm³/mol. The molecular weight excluding hydrogens is 518 g/mol. The molecule has 3 saturated heterocycles. The standard InChI is InChI=1S/C29H40ClN5O4/c1-19-27(29(36)35-13-10-22(11-14-35)34-24-12-15-38-17-26(24)37-2)32-18-33-28(19)31-16-23-4-3-5-25(39-23)20-6-8-21(30)9-7-20/h6-9,18,22-26,34H,3-5,10-17H2,1-2H3,(H,31,32,33)/t23-,24?,25+,26-/m1/s1. The largest absolute Gasteiger partial charge is 0.379 e. The number of carbonyl (C=O) groups is 1. The van der Waals surface area contributed by atoms with Gasteiger partial charge in [0.25, 0.3) is 5.91 Å². The van der Waals surface area contributed by atoms with Crippen LogP contribution in [-0.2, 0) is 14.2 Å². The summed E-state index contributed by atoms with van der Waals surface area (Å²) in [6, 6.07) is 8.55. The molecule has 212 valence electrons. The second-order valence-corrected chi connectivity index (χ2v) is 11.2. The van der Waals surface area contributed by atoms with Crippen LogP contribution in [0.2, 0.25) is 5.02 Å². The smallest absolute Gasteiger partial charge is 0.272 e. The van der Waals surface area contributed by atoms with E-state index in [9.17, 15) is 4.79 Å². The minimum atomic E-state index is -0.0334. The highest BCUT2D eigenvalue weighted by atomic mass is 35.5. The molecule has 2 N–H and O–H groups in total. The van der Waals surface area contributed by atoms with Gasteiger partial charge in [0.1, 0.15) is 17.8 Å². The van der Waals surface area contributed by atoms with Gasteiger partial charge in [0.15, 0.2) is 0 Å². The number of anilines is 1. The maximum atomic E-state index is 13.4. The van der Waals surface area contributed by atoms with Gasteiger partial charge in [-0.05, 0) is 63.1 Å². The first-order valence-electron chi connectivity index (χ1n) is 14.1. The molecule has 1 aromatic carbocycles. The van der Waals surface area contributed by atoms with Crippen molar-refractivity contribution < 1.29 is 19.0 Å². The maximum Gasteiger partial charge on any atom is 0.272 e. The second kappa shape index (κ2) is 13.4. The van der Waals surface area contributed by atoms with E-state index in [1.54, 1.807) is 7.11 Å². The first-order valence-corrected chi connectivity index (χ1v) is 14.5. The van der Waals surface area contributed by atoms with Crippen molar-refractivity contribution in [2.75, 3.05) is 45.3 Å². The highest BCUT2D eigenvalue weighted by Gasteiger charge is 2.31. The normalized spacial score (nSPS) is 26.4. The monoisotopic (exact) mass is 557 g/mol. The Kier molecular flexibility index (Phi) is 9.68. The molecule has 1 unspecified atom stereocenters. The van der Waals surface area contributed by atoms with Crippen LogP contribution in [0.4, 0.5) is 5.82 Å². The van der Waals surface area contributed by atoms with Gasteiger partial charge in [-0.15, -0.1) is 0 Å². The van der Waals surface area contributed by atoms with Crippen LogP contribution < -0.4 is 10.6 Å². The Hall–Kier alpha value is -2.30. The fourth-order valence-electron chi connectivity index (χ4n) is 5.86. The molecule has 1 amide bonds. The summed E-state index contributed by atoms with van der Waals surface area (Å²) in [5.74, 6) is 0.654. The first-order chi connectivity index (χ1) is 19.0. The Labute approximate surface area is 236 Å². The average molecular weight is 558 g/mol. The van der Waals surface area contributed by atoms with Crippen LogP contribution in [0.1, 0.15) is 66.2 Å². The number of rotatable bonds is 8. The number of hydrogen-bond donors (Lipinski definition) is 2. The Morgan fingerprint density at radius 1 is 1.13 bits per heavy atom. The molecule has 0 saturated carbocycles. The lowest BCUT2D eigenvalue weighted by Crippen LogP contribution is -2.54. The van der Waals surface area contributed by atoms with Crippen LogP contribution >= 0.6 is 11.6 Å². The molecule has 4 atom stereocenters. The van der Waals surface area contributed by atoms with Crippen molar-refractivity contribution in [2.24, 2.45) is 0 Å². The third-order valence-electron chi connectivity index (χ3n) is 8.21. The lowest BCUT2D eigenvalue weighted by Gasteiger charge is -2.38. The topological polar surface area (TPSA) is 97.8 Å². The summed E-state index contributed by atoms with van der Waals surface area (Å²) in [6.07, 6.45) is 7.51. The summed E-state index contributed by atoms with van der Waals surface area (Å²) in [5.41, 5.74) is 2.39. The zero-order valence-corrected chi connectivity index (χ0v) is 23.7. The number of aromatic nitrogens is 2. The van der Waals surface area contributed by atoms with Crippen molar-refractivity contribution in [1.29, 1.82) is 0 Å². The molecule has 0 radical (unpaired) electrons. The molecule has 0 spiro atoms. The molecule has 4 heterocycles. The van der Waals surface area contributed by atoms with E-state index < -0.39 is 0 Å². The fraction of sp³-hybridized carbons (Fsp3) is 0.621. The van der Waals surface area contributed by atoms with Crippen LogP contribution in [0, 0.1) is 6.92 Å². The molecule has 2 aromatic rings. The third-order valence-corrected chi connectivity index (χ3v) is 8.47. The average Bonchev–Trinajstić information content (AvgIpc) is 2.97. The van der Waals surface area contributed by atoms with Gasteiger partial charge in [-0.3, -0.25) is 4.79 Å². The fourth-order valence-corrected chi connectivity index (χ4v) is 5.99. The molecule has 39 heavy (non-hydrogen) atoms. The Bertz CT molecular complexity index is 1100. The number of amides is 1. The molecule has 3 aliphatic heterocycles. The molecule has 0 bridgehead atoms. The summed E-state index contributed by atoms with van der Waals surface area (Å²) in [4.78, 5) is 24.1. The lowest BCUT2D eigenvalue weighted by atomic mass is 9.98. The van der Waals surface area contributed by atoms with Crippen molar-refractivity contribution in [3.05, 3.63) is 52.4 Å². The van der Waals surface area contributed by atoms with Crippen LogP contribution in [0.25, 0.3) is 0 Å². The number of ether oxygens (including phenoxy) is 3. The van der Waals surface area contributed by atoms with E-state index in [4.69, 9.17) is 25.8 Å². The number of benzene rings is 1. The van der Waals surface area contributed by atoms with Crippen molar-refractivity contribution >= 4 is 23.3 Å². The Balaban J connectivity index is 1.13. The molecule has 3 fully saturated rings. The number of likely N-dealkylation sites (tertiary alicyclic amines) is 1. The summed E-state index contributed by atoms with van der Waals surface area (Å²) in [5, 5.41) is 7.90. The van der Waals surface area contributed by atoms with Gasteiger partial charge in [-0.2, -0.15) is 0 Å². The molecular formula is C29H40ClN5O4. The number of nitrogens with one attached hydrogen (secondary N) is 2. The van der Waals surface area contributed by atoms with E-state index in [1.807, 2.05) is 36.1 Å². The van der Waals surface area contributed by atoms with Crippen LogP contribution in [0.5, 0.6) is 0 Å². The number of carbonyl (C=O) groups excluding carboxylic acids is 1. The number of piperidine rings is 1. The van der Waals surface area contributed by atoms with Crippen molar-refractivity contribution in [3.63, 3.8) is 0 Å². The number of hydrogen-bond acceptors (Lipinski definition) is 8. The van der Waals surface area contributed by atoms with Crippen LogP contribution in [0.15, 0.2) is 30.6 Å². The lowest BCUT2D eigenvalue weighted by molar-refractivity contribution is -0.0533. The summed E-state index contributed by atoms with van der Waals surface area (Å²) < 4.78 is 17.5. The molecule has 1 aromatic heterocycles. The second-order valence-electron chi connectivity index (χ2n) is 10.8. The van der Waals surface area contributed by atoms with E-state index in [1.165, 1.54) is 6.33 Å². The SMILES string of the molecule is CO[C@@H]1COCCC1NC1CCN(C(=O)c2ncnc(NC[C@H]3CCC[C@@H](c4ccc(Cl)cc4)O3)c2C)CC1. The first kappa shape index (κ1) is 28.2. The van der Waals surface area contributed by atoms with E-state index in [0.29, 0.717) is 49.8 Å². The Morgan fingerprint density at radius 2 is 1.92 bits per heavy atom. The number of methoxy groups -OCH3 is 1. The summed E-state index contributed by atoms with van der Waals surface area (Å²) >= 11 is 6.05. The molecule has 3 aliphatic rings. The Morgan fingerprint density at radius 3 is 2.69 bits per heavy atom. The van der Waals surface area contributed by atoms with Gasteiger partial charge in [0.2, 0.25) is 0 Å².